The molecule has 0 saturated carbocycles. The standard InChI is InChI=1S/C7H15N/c1-3-4-5-6-7-8-2/h5-6,8H,3-4,7H2,1-2H3. The van der Waals surface area contributed by atoms with Crippen molar-refractivity contribution in [2.75, 3.05) is 13.6 Å². The van der Waals surface area contributed by atoms with Gasteiger partial charge in [0.05, 0.1) is 0 Å². The summed E-state index contributed by atoms with van der Waals surface area (Å²) in [4.78, 5) is 0. The van der Waals surface area contributed by atoms with Crippen molar-refractivity contribution in [3.63, 3.8) is 0 Å². The van der Waals surface area contributed by atoms with Crippen LogP contribution in [0.4, 0.5) is 0 Å². The highest BCUT2D eigenvalue weighted by Gasteiger charge is 1.70. The van der Waals surface area contributed by atoms with Crippen LogP contribution in [0.1, 0.15) is 19.8 Å². The van der Waals surface area contributed by atoms with E-state index in [9.17, 15) is 0 Å². The SMILES string of the molecule is CCCC=CCNC. The maximum absolute atomic E-state index is 3.04. The largest absolute Gasteiger partial charge is 0.316 e. The first kappa shape index (κ1) is 7.70. The van der Waals surface area contributed by atoms with Crippen LogP contribution in [0.25, 0.3) is 0 Å². The van der Waals surface area contributed by atoms with Crippen molar-refractivity contribution in [1.82, 2.24) is 5.32 Å². The Morgan fingerprint density at radius 1 is 1.38 bits per heavy atom. The van der Waals surface area contributed by atoms with Crippen molar-refractivity contribution in [2.24, 2.45) is 0 Å². The van der Waals surface area contributed by atoms with Crippen molar-refractivity contribution < 1.29 is 0 Å². The average Bonchev–Trinajstić information content (AvgIpc) is 1.81. The van der Waals surface area contributed by atoms with Gasteiger partial charge in [0.2, 0.25) is 0 Å². The number of hydrogen-bond donors (Lipinski definition) is 1. The zero-order valence-corrected chi connectivity index (χ0v) is 5.78. The highest BCUT2D eigenvalue weighted by atomic mass is 14.8. The molecule has 1 N–H and O–H groups in total. The molecule has 0 unspecified atom stereocenters. The zero-order valence-electron chi connectivity index (χ0n) is 5.78. The fraction of sp³-hybridized carbons (Fsp3) is 0.714. The predicted octanol–water partition coefficient (Wildman–Crippen LogP) is 1.56. The van der Waals surface area contributed by atoms with E-state index in [0.29, 0.717) is 0 Å². The summed E-state index contributed by atoms with van der Waals surface area (Å²) in [5, 5.41) is 3.04. The smallest absolute Gasteiger partial charge is 0.0131 e. The van der Waals surface area contributed by atoms with E-state index >= 15 is 0 Å². The van der Waals surface area contributed by atoms with Gasteiger partial charge < -0.3 is 5.32 Å². The second kappa shape index (κ2) is 6.70. The third-order valence-electron chi connectivity index (χ3n) is 0.944. The van der Waals surface area contributed by atoms with Gasteiger partial charge in [-0.1, -0.05) is 25.5 Å². The molecule has 0 aromatic carbocycles. The van der Waals surface area contributed by atoms with Gasteiger partial charge >= 0.3 is 0 Å². The second-order valence-electron chi connectivity index (χ2n) is 1.82. The number of rotatable bonds is 4. The molecule has 0 aliphatic rings. The third kappa shape index (κ3) is 5.70. The predicted molar refractivity (Wildman–Crippen MR) is 38.0 cm³/mol. The molecular formula is C7H15N. The maximum atomic E-state index is 3.04. The summed E-state index contributed by atoms with van der Waals surface area (Å²) in [6.07, 6.45) is 6.82. The minimum atomic E-state index is 1.00. The van der Waals surface area contributed by atoms with Crippen LogP contribution in [-0.4, -0.2) is 13.6 Å². The van der Waals surface area contributed by atoms with Crippen molar-refractivity contribution in [2.45, 2.75) is 19.8 Å². The van der Waals surface area contributed by atoms with E-state index < -0.39 is 0 Å². The first-order valence-electron chi connectivity index (χ1n) is 3.21. The van der Waals surface area contributed by atoms with E-state index in [4.69, 9.17) is 0 Å². The van der Waals surface area contributed by atoms with E-state index in [2.05, 4.69) is 24.4 Å². The van der Waals surface area contributed by atoms with Crippen molar-refractivity contribution in [1.29, 1.82) is 0 Å². The molecule has 1 nitrogen and oxygen atoms in total. The molecule has 0 radical (unpaired) electrons. The first-order valence-corrected chi connectivity index (χ1v) is 3.21. The maximum Gasteiger partial charge on any atom is 0.0131 e. The fourth-order valence-corrected chi connectivity index (χ4v) is 0.486. The topological polar surface area (TPSA) is 12.0 Å². The number of unbranched alkanes of at least 4 members (excludes halogenated alkanes) is 1. The van der Waals surface area contributed by atoms with Crippen LogP contribution in [0.3, 0.4) is 0 Å². The van der Waals surface area contributed by atoms with Crippen molar-refractivity contribution in [3.8, 4) is 0 Å². The van der Waals surface area contributed by atoms with Crippen LogP contribution in [-0.2, 0) is 0 Å². The van der Waals surface area contributed by atoms with E-state index in [1.54, 1.807) is 0 Å². The van der Waals surface area contributed by atoms with E-state index in [1.165, 1.54) is 12.8 Å². The lowest BCUT2D eigenvalue weighted by molar-refractivity contribution is 0.901. The Hall–Kier alpha value is -0.300. The molecular weight excluding hydrogens is 98.1 g/mol. The van der Waals surface area contributed by atoms with E-state index in [-0.39, 0.29) is 0 Å². The van der Waals surface area contributed by atoms with E-state index in [0.717, 1.165) is 6.54 Å². The lowest BCUT2D eigenvalue weighted by Crippen LogP contribution is -2.03. The molecule has 0 aliphatic carbocycles. The fourth-order valence-electron chi connectivity index (χ4n) is 0.486. The van der Waals surface area contributed by atoms with Crippen LogP contribution in [0.15, 0.2) is 12.2 Å². The highest BCUT2D eigenvalue weighted by molar-refractivity contribution is 4.82. The second-order valence-corrected chi connectivity index (χ2v) is 1.82. The number of hydrogen-bond acceptors (Lipinski definition) is 1. The van der Waals surface area contributed by atoms with Gasteiger partial charge in [-0.3, -0.25) is 0 Å². The molecule has 8 heavy (non-hydrogen) atoms. The minimum Gasteiger partial charge on any atom is -0.316 e. The average molecular weight is 113 g/mol. The molecule has 0 heterocycles. The summed E-state index contributed by atoms with van der Waals surface area (Å²) >= 11 is 0. The molecule has 0 amide bonds. The third-order valence-corrected chi connectivity index (χ3v) is 0.944. The number of nitrogens with one attached hydrogen (secondary N) is 1. The molecule has 0 fully saturated rings. The van der Waals surface area contributed by atoms with Crippen LogP contribution in [0, 0.1) is 0 Å². The first-order chi connectivity index (χ1) is 3.91. The summed E-state index contributed by atoms with van der Waals surface area (Å²) in [6, 6.07) is 0. The Labute approximate surface area is 51.8 Å². The van der Waals surface area contributed by atoms with Gasteiger partial charge in [0.1, 0.15) is 0 Å². The van der Waals surface area contributed by atoms with Crippen LogP contribution in [0.2, 0.25) is 0 Å². The van der Waals surface area contributed by atoms with Crippen molar-refractivity contribution in [3.05, 3.63) is 12.2 Å². The lowest BCUT2D eigenvalue weighted by atomic mass is 10.3. The molecule has 0 saturated heterocycles. The normalized spacial score (nSPS) is 10.8. The summed E-state index contributed by atoms with van der Waals surface area (Å²) in [6.45, 7) is 3.18. The summed E-state index contributed by atoms with van der Waals surface area (Å²) in [5.41, 5.74) is 0. The lowest BCUT2D eigenvalue weighted by Gasteiger charge is -1.86. The van der Waals surface area contributed by atoms with Gasteiger partial charge in [-0.25, -0.2) is 0 Å². The van der Waals surface area contributed by atoms with Crippen LogP contribution in [0.5, 0.6) is 0 Å². The van der Waals surface area contributed by atoms with Gasteiger partial charge in [0.15, 0.2) is 0 Å². The van der Waals surface area contributed by atoms with Gasteiger partial charge in [0, 0.05) is 6.54 Å². The van der Waals surface area contributed by atoms with Crippen LogP contribution < -0.4 is 5.32 Å². The van der Waals surface area contributed by atoms with Crippen molar-refractivity contribution >= 4 is 0 Å². The zero-order chi connectivity index (χ0) is 6.24. The van der Waals surface area contributed by atoms with Gasteiger partial charge in [-0.15, -0.1) is 0 Å². The molecule has 0 spiro atoms. The molecule has 0 bridgehead atoms. The molecule has 48 valence electrons. The van der Waals surface area contributed by atoms with Gasteiger partial charge in [0.25, 0.3) is 0 Å². The quantitative estimate of drug-likeness (QED) is 0.545. The minimum absolute atomic E-state index is 1.00. The highest BCUT2D eigenvalue weighted by Crippen LogP contribution is 1.85. The summed E-state index contributed by atoms with van der Waals surface area (Å²) < 4.78 is 0. The Morgan fingerprint density at radius 3 is 2.62 bits per heavy atom. The molecule has 0 aliphatic heterocycles. The summed E-state index contributed by atoms with van der Waals surface area (Å²) in [7, 11) is 1.95. The monoisotopic (exact) mass is 113 g/mol. The molecule has 0 aromatic rings. The molecule has 0 atom stereocenters. The Balaban J connectivity index is 2.83. The number of allylic oxidation sites excluding steroid dienone is 1. The summed E-state index contributed by atoms with van der Waals surface area (Å²) in [5.74, 6) is 0. The van der Waals surface area contributed by atoms with Crippen LogP contribution >= 0.6 is 0 Å². The number of likely N-dealkylation sites (N-methyl/N-ethyl adjacent to an activating group) is 1. The molecule has 0 rings (SSSR count). The molecule has 0 aromatic heterocycles. The Kier molecular flexibility index (Phi) is 6.45. The van der Waals surface area contributed by atoms with E-state index in [1.807, 2.05) is 7.05 Å². The Bertz CT molecular complexity index is 49.4. The Morgan fingerprint density at radius 2 is 2.12 bits per heavy atom. The van der Waals surface area contributed by atoms with Gasteiger partial charge in [-0.2, -0.15) is 0 Å². The van der Waals surface area contributed by atoms with Gasteiger partial charge in [-0.05, 0) is 13.5 Å². The molecule has 1 heteroatoms.